The Kier molecular flexibility index (Phi) is 3.82. The smallest absolute Gasteiger partial charge is 0.289 e. The zero-order chi connectivity index (χ0) is 17.4. The van der Waals surface area contributed by atoms with E-state index >= 15 is 0 Å². The van der Waals surface area contributed by atoms with Crippen molar-refractivity contribution in [3.05, 3.63) is 53.7 Å². The Labute approximate surface area is 146 Å². The molecule has 6 nitrogen and oxygen atoms in total. The molecule has 4 heterocycles. The highest BCUT2D eigenvalue weighted by molar-refractivity contribution is 5.92. The van der Waals surface area contributed by atoms with Gasteiger partial charge >= 0.3 is 0 Å². The number of hydrogen-bond donors (Lipinski definition) is 1. The van der Waals surface area contributed by atoms with Crippen molar-refractivity contribution in [1.82, 2.24) is 15.2 Å². The molecule has 2 aliphatic heterocycles. The van der Waals surface area contributed by atoms with Gasteiger partial charge in [-0.15, -0.1) is 0 Å². The fourth-order valence-electron chi connectivity index (χ4n) is 3.92. The molecule has 2 amide bonds. The largest absolute Gasteiger partial charge is 0.456 e. The zero-order valence-electron chi connectivity index (χ0n) is 14.2. The maximum Gasteiger partial charge on any atom is 0.289 e. The lowest BCUT2D eigenvalue weighted by molar-refractivity contribution is -0.121. The van der Waals surface area contributed by atoms with Crippen LogP contribution in [0.5, 0.6) is 0 Å². The third-order valence-corrected chi connectivity index (χ3v) is 5.37. The number of nitrogens with one attached hydrogen (secondary N) is 1. The number of furan rings is 1. The van der Waals surface area contributed by atoms with E-state index in [1.807, 2.05) is 24.0 Å². The first kappa shape index (κ1) is 15.9. The molecule has 2 aliphatic rings. The maximum atomic E-state index is 12.5. The van der Waals surface area contributed by atoms with Gasteiger partial charge < -0.3 is 14.6 Å². The van der Waals surface area contributed by atoms with E-state index in [2.05, 4.69) is 10.3 Å². The van der Waals surface area contributed by atoms with Crippen LogP contribution in [0.15, 0.2) is 41.1 Å². The number of likely N-dealkylation sites (tertiary alicyclic amines) is 1. The number of hydrogen-bond acceptors (Lipinski definition) is 4. The van der Waals surface area contributed by atoms with E-state index in [1.54, 1.807) is 24.5 Å². The number of pyridine rings is 1. The second kappa shape index (κ2) is 6.02. The standard InChI is InChI=1S/C19H21N3O3/c1-13-2-3-16(25-13)18(24)22-10-6-19(7-11-22)12-15(17(23)21-19)14-4-8-20-9-5-14/h2-5,8-9,15H,6-7,10-12H2,1H3,(H,21,23). The Balaban J connectivity index is 1.43. The van der Waals surface area contributed by atoms with Gasteiger partial charge in [0.2, 0.25) is 5.91 Å². The normalized spacial score (nSPS) is 22.2. The molecule has 2 aromatic heterocycles. The van der Waals surface area contributed by atoms with Gasteiger partial charge in [0, 0.05) is 31.0 Å². The molecule has 0 bridgehead atoms. The number of nitrogens with zero attached hydrogens (tertiary/aromatic N) is 2. The van der Waals surface area contributed by atoms with Gasteiger partial charge in [-0.05, 0) is 56.0 Å². The summed E-state index contributed by atoms with van der Waals surface area (Å²) in [5.74, 6) is 1.00. The number of carbonyl (C=O) groups excluding carboxylic acids is 2. The van der Waals surface area contributed by atoms with Crippen molar-refractivity contribution < 1.29 is 14.0 Å². The molecule has 1 atom stereocenters. The fraction of sp³-hybridized carbons (Fsp3) is 0.421. The second-order valence-electron chi connectivity index (χ2n) is 7.01. The van der Waals surface area contributed by atoms with Gasteiger partial charge in [0.15, 0.2) is 5.76 Å². The van der Waals surface area contributed by atoms with Gasteiger partial charge in [0.25, 0.3) is 5.91 Å². The first-order valence-corrected chi connectivity index (χ1v) is 8.64. The molecular formula is C19H21N3O3. The Morgan fingerprint density at radius 1 is 1.24 bits per heavy atom. The molecule has 25 heavy (non-hydrogen) atoms. The van der Waals surface area contributed by atoms with E-state index < -0.39 is 0 Å². The Morgan fingerprint density at radius 3 is 2.60 bits per heavy atom. The van der Waals surface area contributed by atoms with Crippen LogP contribution in [-0.2, 0) is 4.79 Å². The summed E-state index contributed by atoms with van der Waals surface area (Å²) in [5.41, 5.74) is 0.801. The van der Waals surface area contributed by atoms with Crippen molar-refractivity contribution in [3.63, 3.8) is 0 Å². The quantitative estimate of drug-likeness (QED) is 0.911. The average Bonchev–Trinajstić information content (AvgIpc) is 3.20. The summed E-state index contributed by atoms with van der Waals surface area (Å²) in [5, 5.41) is 3.20. The molecule has 2 saturated heterocycles. The summed E-state index contributed by atoms with van der Waals surface area (Å²) < 4.78 is 5.44. The number of amides is 2. The van der Waals surface area contributed by atoms with Gasteiger partial charge in [-0.25, -0.2) is 0 Å². The Morgan fingerprint density at radius 2 is 1.96 bits per heavy atom. The van der Waals surface area contributed by atoms with Crippen LogP contribution in [0.4, 0.5) is 0 Å². The minimum absolute atomic E-state index is 0.0713. The van der Waals surface area contributed by atoms with Crippen molar-refractivity contribution >= 4 is 11.8 Å². The molecule has 2 aromatic rings. The van der Waals surface area contributed by atoms with Gasteiger partial charge in [-0.3, -0.25) is 14.6 Å². The summed E-state index contributed by atoms with van der Waals surface area (Å²) in [7, 11) is 0. The number of carbonyl (C=O) groups is 2. The summed E-state index contributed by atoms with van der Waals surface area (Å²) in [4.78, 5) is 30.8. The predicted octanol–water partition coefficient (Wildman–Crippen LogP) is 2.26. The van der Waals surface area contributed by atoms with Crippen molar-refractivity contribution in [3.8, 4) is 0 Å². The molecule has 1 N–H and O–H groups in total. The van der Waals surface area contributed by atoms with Crippen LogP contribution in [0.25, 0.3) is 0 Å². The molecular weight excluding hydrogens is 318 g/mol. The van der Waals surface area contributed by atoms with Gasteiger partial charge in [-0.2, -0.15) is 0 Å². The van der Waals surface area contributed by atoms with E-state index in [4.69, 9.17) is 4.42 Å². The molecule has 0 radical (unpaired) electrons. The van der Waals surface area contributed by atoms with Gasteiger partial charge in [0.05, 0.1) is 5.92 Å². The van der Waals surface area contributed by atoms with Crippen LogP contribution < -0.4 is 5.32 Å². The Bertz CT molecular complexity index is 791. The van der Waals surface area contributed by atoms with Crippen LogP contribution in [0.1, 0.15) is 47.1 Å². The van der Waals surface area contributed by atoms with E-state index in [-0.39, 0.29) is 23.3 Å². The molecule has 1 unspecified atom stereocenters. The van der Waals surface area contributed by atoms with E-state index in [0.717, 1.165) is 30.6 Å². The molecule has 0 aliphatic carbocycles. The number of aromatic nitrogens is 1. The van der Waals surface area contributed by atoms with Crippen molar-refractivity contribution in [2.24, 2.45) is 0 Å². The van der Waals surface area contributed by atoms with Crippen molar-refractivity contribution in [2.45, 2.75) is 37.6 Å². The highest BCUT2D eigenvalue weighted by Crippen LogP contribution is 2.39. The topological polar surface area (TPSA) is 75.4 Å². The molecule has 130 valence electrons. The molecule has 0 aromatic carbocycles. The zero-order valence-corrected chi connectivity index (χ0v) is 14.2. The molecule has 1 spiro atoms. The van der Waals surface area contributed by atoms with Crippen LogP contribution in [-0.4, -0.2) is 40.3 Å². The highest BCUT2D eigenvalue weighted by Gasteiger charge is 2.46. The van der Waals surface area contributed by atoms with Crippen molar-refractivity contribution in [2.75, 3.05) is 13.1 Å². The van der Waals surface area contributed by atoms with Crippen LogP contribution in [0.3, 0.4) is 0 Å². The lowest BCUT2D eigenvalue weighted by atomic mass is 9.82. The van der Waals surface area contributed by atoms with Crippen LogP contribution in [0, 0.1) is 6.92 Å². The fourth-order valence-corrected chi connectivity index (χ4v) is 3.92. The van der Waals surface area contributed by atoms with Gasteiger partial charge in [0.1, 0.15) is 5.76 Å². The predicted molar refractivity (Wildman–Crippen MR) is 91.1 cm³/mol. The first-order chi connectivity index (χ1) is 12.1. The number of aryl methyl sites for hydroxylation is 1. The molecule has 2 fully saturated rings. The average molecular weight is 339 g/mol. The van der Waals surface area contributed by atoms with Gasteiger partial charge in [-0.1, -0.05) is 0 Å². The highest BCUT2D eigenvalue weighted by atomic mass is 16.3. The van der Waals surface area contributed by atoms with E-state index in [0.29, 0.717) is 18.8 Å². The third-order valence-electron chi connectivity index (χ3n) is 5.37. The molecule has 4 rings (SSSR count). The SMILES string of the molecule is Cc1ccc(C(=O)N2CCC3(CC2)CC(c2ccncc2)C(=O)N3)o1. The third kappa shape index (κ3) is 2.92. The summed E-state index contributed by atoms with van der Waals surface area (Å²) >= 11 is 0. The summed E-state index contributed by atoms with van der Waals surface area (Å²) in [6.45, 7) is 3.08. The number of rotatable bonds is 2. The van der Waals surface area contributed by atoms with Crippen LogP contribution >= 0.6 is 0 Å². The monoisotopic (exact) mass is 339 g/mol. The molecule has 6 heteroatoms. The lowest BCUT2D eigenvalue weighted by Crippen LogP contribution is -2.52. The summed E-state index contributed by atoms with van der Waals surface area (Å²) in [6, 6.07) is 7.33. The first-order valence-electron chi connectivity index (χ1n) is 8.64. The lowest BCUT2D eigenvalue weighted by Gasteiger charge is -2.39. The number of piperidine rings is 1. The minimum Gasteiger partial charge on any atom is -0.456 e. The second-order valence-corrected chi connectivity index (χ2v) is 7.01. The minimum atomic E-state index is -0.207. The molecule has 0 saturated carbocycles. The van der Waals surface area contributed by atoms with E-state index in [1.165, 1.54) is 0 Å². The summed E-state index contributed by atoms with van der Waals surface area (Å²) in [6.07, 6.45) is 5.76. The van der Waals surface area contributed by atoms with Crippen molar-refractivity contribution in [1.29, 1.82) is 0 Å². The Hall–Kier alpha value is -2.63. The maximum absolute atomic E-state index is 12.5. The van der Waals surface area contributed by atoms with E-state index in [9.17, 15) is 9.59 Å². The van der Waals surface area contributed by atoms with Crippen LogP contribution in [0.2, 0.25) is 0 Å².